The molecule has 2 N–H and O–H groups in total. The Morgan fingerprint density at radius 2 is 2.00 bits per heavy atom. The highest BCUT2D eigenvalue weighted by molar-refractivity contribution is 8.01. The van der Waals surface area contributed by atoms with E-state index >= 15 is 0 Å². The maximum absolute atomic E-state index is 13.1. The second kappa shape index (κ2) is 8.78. The Bertz CT molecular complexity index is 952. The fourth-order valence-corrected chi connectivity index (χ4v) is 3.61. The lowest BCUT2D eigenvalue weighted by atomic mass is 10.3. The minimum atomic E-state index is -1.02. The van der Waals surface area contributed by atoms with Gasteiger partial charge >= 0.3 is 0 Å². The van der Waals surface area contributed by atoms with Crippen molar-refractivity contribution < 1.29 is 18.3 Å². The number of hydrogen-bond donors (Lipinski definition) is 2. The van der Waals surface area contributed by atoms with Crippen LogP contribution in [0.1, 0.15) is 0 Å². The van der Waals surface area contributed by atoms with Gasteiger partial charge in [-0.15, -0.1) is 10.2 Å². The van der Waals surface area contributed by atoms with Crippen molar-refractivity contribution in [1.29, 1.82) is 0 Å². The van der Waals surface area contributed by atoms with Crippen LogP contribution in [-0.4, -0.2) is 29.0 Å². The maximum Gasteiger partial charge on any atom is 0.234 e. The average molecular weight is 408 g/mol. The molecule has 140 valence electrons. The number of amides is 1. The lowest BCUT2D eigenvalue weighted by Gasteiger charge is -2.04. The van der Waals surface area contributed by atoms with Crippen molar-refractivity contribution in [1.82, 2.24) is 10.2 Å². The highest BCUT2D eigenvalue weighted by atomic mass is 32.2. The summed E-state index contributed by atoms with van der Waals surface area (Å²) in [6, 6.07) is 10.6. The van der Waals surface area contributed by atoms with Crippen LogP contribution in [0.4, 0.5) is 25.3 Å². The number of hydrogen-bond acceptors (Lipinski definition) is 7. The van der Waals surface area contributed by atoms with Gasteiger partial charge in [0.15, 0.2) is 16.0 Å². The van der Waals surface area contributed by atoms with E-state index in [-0.39, 0.29) is 17.3 Å². The van der Waals surface area contributed by atoms with E-state index in [0.717, 1.165) is 17.8 Å². The van der Waals surface area contributed by atoms with Gasteiger partial charge < -0.3 is 15.4 Å². The molecule has 1 aromatic heterocycles. The van der Waals surface area contributed by atoms with Crippen LogP contribution in [0.2, 0.25) is 0 Å². The summed E-state index contributed by atoms with van der Waals surface area (Å²) in [5, 5.41) is 14.2. The first kappa shape index (κ1) is 19.1. The van der Waals surface area contributed by atoms with Crippen LogP contribution in [0.3, 0.4) is 0 Å². The predicted molar refractivity (Wildman–Crippen MR) is 102 cm³/mol. The topological polar surface area (TPSA) is 76.1 Å². The van der Waals surface area contributed by atoms with E-state index in [1.54, 1.807) is 7.11 Å². The number of methoxy groups -OCH3 is 1. The summed E-state index contributed by atoms with van der Waals surface area (Å²) in [6.07, 6.45) is 0. The number of anilines is 3. The third-order valence-corrected chi connectivity index (χ3v) is 5.23. The molecule has 0 atom stereocenters. The minimum Gasteiger partial charge on any atom is -0.497 e. The van der Waals surface area contributed by atoms with Gasteiger partial charge in [0, 0.05) is 23.5 Å². The molecule has 3 aromatic rings. The van der Waals surface area contributed by atoms with Gasteiger partial charge in [-0.25, -0.2) is 8.78 Å². The molecule has 3 rings (SSSR count). The lowest BCUT2D eigenvalue weighted by Crippen LogP contribution is -2.14. The third-order valence-electron chi connectivity index (χ3n) is 3.26. The standard InChI is InChI=1S/C17H14F2N4O2S2/c1-25-12-4-2-3-10(7-12)21-16-22-23-17(27-16)26-9-15(24)20-11-5-6-13(18)14(19)8-11/h2-8H,9H2,1H3,(H,20,24)(H,21,22). The van der Waals surface area contributed by atoms with E-state index in [4.69, 9.17) is 4.74 Å². The van der Waals surface area contributed by atoms with Crippen LogP contribution in [0, 0.1) is 11.6 Å². The normalized spacial score (nSPS) is 10.5. The number of rotatable bonds is 7. The monoisotopic (exact) mass is 408 g/mol. The van der Waals surface area contributed by atoms with E-state index in [1.807, 2.05) is 24.3 Å². The quantitative estimate of drug-likeness (QED) is 0.568. The van der Waals surface area contributed by atoms with Crippen LogP contribution in [0.25, 0.3) is 0 Å². The Labute approximate surface area is 162 Å². The van der Waals surface area contributed by atoms with E-state index in [0.29, 0.717) is 15.2 Å². The van der Waals surface area contributed by atoms with Gasteiger partial charge in [0.05, 0.1) is 12.9 Å². The van der Waals surface area contributed by atoms with Crippen molar-refractivity contribution in [2.75, 3.05) is 23.5 Å². The number of nitrogens with zero attached hydrogens (tertiary/aromatic N) is 2. The SMILES string of the molecule is COc1cccc(Nc2nnc(SCC(=O)Nc3ccc(F)c(F)c3)s2)c1. The van der Waals surface area contributed by atoms with Crippen molar-refractivity contribution >= 4 is 45.5 Å². The van der Waals surface area contributed by atoms with Gasteiger partial charge in [0.1, 0.15) is 5.75 Å². The molecule has 1 heterocycles. The zero-order chi connectivity index (χ0) is 19.2. The van der Waals surface area contributed by atoms with Crippen LogP contribution >= 0.6 is 23.1 Å². The molecule has 0 aliphatic rings. The number of ether oxygens (including phenoxy) is 1. The average Bonchev–Trinajstić information content (AvgIpc) is 3.10. The van der Waals surface area contributed by atoms with Gasteiger partial charge in [-0.2, -0.15) is 0 Å². The summed E-state index contributed by atoms with van der Waals surface area (Å²) in [5.41, 5.74) is 0.996. The van der Waals surface area contributed by atoms with Crippen LogP contribution in [0.15, 0.2) is 46.8 Å². The fraction of sp³-hybridized carbons (Fsp3) is 0.118. The number of nitrogens with one attached hydrogen (secondary N) is 2. The van der Waals surface area contributed by atoms with E-state index in [1.165, 1.54) is 29.2 Å². The van der Waals surface area contributed by atoms with Crippen molar-refractivity contribution in [3.63, 3.8) is 0 Å². The molecule has 0 aliphatic heterocycles. The summed E-state index contributed by atoms with van der Waals surface area (Å²) in [4.78, 5) is 11.9. The van der Waals surface area contributed by atoms with Crippen LogP contribution < -0.4 is 15.4 Å². The van der Waals surface area contributed by atoms with E-state index in [2.05, 4.69) is 20.8 Å². The summed E-state index contributed by atoms with van der Waals surface area (Å²) in [5.74, 6) is -1.56. The molecule has 0 aliphatic carbocycles. The first-order valence-electron chi connectivity index (χ1n) is 7.66. The van der Waals surface area contributed by atoms with Crippen molar-refractivity contribution in [3.8, 4) is 5.75 Å². The highest BCUT2D eigenvalue weighted by Crippen LogP contribution is 2.28. The first-order valence-corrected chi connectivity index (χ1v) is 9.46. The zero-order valence-electron chi connectivity index (χ0n) is 14.0. The Balaban J connectivity index is 1.52. The van der Waals surface area contributed by atoms with Crippen LogP contribution in [0.5, 0.6) is 5.75 Å². The second-order valence-corrected chi connectivity index (χ2v) is 7.40. The number of carbonyl (C=O) groups excluding carboxylic acids is 1. The van der Waals surface area contributed by atoms with Gasteiger partial charge in [0.2, 0.25) is 11.0 Å². The van der Waals surface area contributed by atoms with Gasteiger partial charge in [-0.3, -0.25) is 4.79 Å². The third kappa shape index (κ3) is 5.38. The molecule has 0 spiro atoms. The van der Waals surface area contributed by atoms with Crippen LogP contribution in [-0.2, 0) is 4.79 Å². The van der Waals surface area contributed by atoms with Crippen molar-refractivity contribution in [2.24, 2.45) is 0 Å². The molecule has 0 bridgehead atoms. The number of thioether (sulfide) groups is 1. The Kier molecular flexibility index (Phi) is 6.20. The molecule has 0 radical (unpaired) electrons. The van der Waals surface area contributed by atoms with E-state index in [9.17, 15) is 13.6 Å². The molecule has 0 saturated carbocycles. The summed E-state index contributed by atoms with van der Waals surface area (Å²) in [6.45, 7) is 0. The molecule has 1 amide bonds. The second-order valence-electron chi connectivity index (χ2n) is 5.20. The molecule has 6 nitrogen and oxygen atoms in total. The summed E-state index contributed by atoms with van der Waals surface area (Å²) >= 11 is 2.49. The highest BCUT2D eigenvalue weighted by Gasteiger charge is 2.10. The Morgan fingerprint density at radius 3 is 2.78 bits per heavy atom. The predicted octanol–water partition coefficient (Wildman–Crippen LogP) is 4.30. The summed E-state index contributed by atoms with van der Waals surface area (Å²) < 4.78 is 31.8. The number of halogens is 2. The molecular formula is C17H14F2N4O2S2. The first-order chi connectivity index (χ1) is 13.0. The molecule has 0 saturated heterocycles. The minimum absolute atomic E-state index is 0.0623. The molecule has 0 unspecified atom stereocenters. The summed E-state index contributed by atoms with van der Waals surface area (Å²) in [7, 11) is 1.59. The van der Waals surface area contributed by atoms with E-state index < -0.39 is 11.6 Å². The molecule has 0 fully saturated rings. The fourth-order valence-electron chi connectivity index (χ4n) is 2.04. The van der Waals surface area contributed by atoms with Crippen molar-refractivity contribution in [3.05, 3.63) is 54.1 Å². The van der Waals surface area contributed by atoms with Gasteiger partial charge in [-0.05, 0) is 24.3 Å². The Hall–Kier alpha value is -2.72. The van der Waals surface area contributed by atoms with Crippen molar-refractivity contribution in [2.45, 2.75) is 4.34 Å². The smallest absolute Gasteiger partial charge is 0.234 e. The largest absolute Gasteiger partial charge is 0.497 e. The Morgan fingerprint density at radius 1 is 1.15 bits per heavy atom. The van der Waals surface area contributed by atoms with Gasteiger partial charge in [0.25, 0.3) is 0 Å². The molecule has 10 heteroatoms. The lowest BCUT2D eigenvalue weighted by molar-refractivity contribution is -0.113. The molecular weight excluding hydrogens is 394 g/mol. The van der Waals surface area contributed by atoms with Gasteiger partial charge in [-0.1, -0.05) is 29.2 Å². The molecule has 2 aromatic carbocycles. The maximum atomic E-state index is 13.1. The number of benzene rings is 2. The molecule has 27 heavy (non-hydrogen) atoms. The number of aromatic nitrogens is 2. The zero-order valence-corrected chi connectivity index (χ0v) is 15.7. The number of carbonyl (C=O) groups is 1.